The second-order valence-corrected chi connectivity index (χ2v) is 4.66. The van der Waals surface area contributed by atoms with Crippen LogP contribution in [-0.2, 0) is 0 Å². The van der Waals surface area contributed by atoms with Crippen molar-refractivity contribution in [2.24, 2.45) is 0 Å². The van der Waals surface area contributed by atoms with Crippen molar-refractivity contribution < 1.29 is 4.79 Å². The Morgan fingerprint density at radius 2 is 2.06 bits per heavy atom. The molecule has 16 heavy (non-hydrogen) atoms. The van der Waals surface area contributed by atoms with Crippen molar-refractivity contribution in [3.05, 3.63) is 34.2 Å². The Morgan fingerprint density at radius 1 is 1.44 bits per heavy atom. The number of aromatic nitrogens is 1. The van der Waals surface area contributed by atoms with Crippen LogP contribution in [-0.4, -0.2) is 27.9 Å². The summed E-state index contributed by atoms with van der Waals surface area (Å²) in [7, 11) is 0. The number of aromatic amines is 1. The van der Waals surface area contributed by atoms with Gasteiger partial charge in [0.25, 0.3) is 5.91 Å². The van der Waals surface area contributed by atoms with Gasteiger partial charge in [-0.1, -0.05) is 0 Å². The van der Waals surface area contributed by atoms with Gasteiger partial charge >= 0.3 is 0 Å². The van der Waals surface area contributed by atoms with E-state index in [1.165, 1.54) is 12.3 Å². The molecule has 0 saturated carbocycles. The molecule has 88 valence electrons. The fourth-order valence-corrected chi connectivity index (χ4v) is 1.66. The van der Waals surface area contributed by atoms with Gasteiger partial charge in [-0.15, -0.1) is 0 Å². The van der Waals surface area contributed by atoms with Crippen molar-refractivity contribution in [3.63, 3.8) is 0 Å². The summed E-state index contributed by atoms with van der Waals surface area (Å²) in [6.45, 7) is 8.47. The topological polar surface area (TPSA) is 53.2 Å². The van der Waals surface area contributed by atoms with E-state index < -0.39 is 0 Å². The van der Waals surface area contributed by atoms with Crippen LogP contribution in [0.1, 0.15) is 38.1 Å². The maximum atomic E-state index is 12.1. The number of nitrogens with one attached hydrogen (secondary N) is 1. The summed E-state index contributed by atoms with van der Waals surface area (Å²) in [6.07, 6.45) is 1.49. The molecule has 0 aliphatic rings. The summed E-state index contributed by atoms with van der Waals surface area (Å²) < 4.78 is 0. The molecule has 1 heterocycles. The van der Waals surface area contributed by atoms with E-state index >= 15 is 0 Å². The standard InChI is InChI=1S/C12H18N2O2/c1-5-14(12(2,3)4)11(16)9-6-7-13-10(15)8-9/h6-8H,5H2,1-4H3,(H,13,15). The van der Waals surface area contributed by atoms with Crippen molar-refractivity contribution in [1.82, 2.24) is 9.88 Å². The molecule has 0 unspecified atom stereocenters. The quantitative estimate of drug-likeness (QED) is 0.827. The maximum absolute atomic E-state index is 12.1. The van der Waals surface area contributed by atoms with Crippen LogP contribution < -0.4 is 5.56 Å². The first kappa shape index (κ1) is 12.5. The zero-order chi connectivity index (χ0) is 12.3. The van der Waals surface area contributed by atoms with E-state index in [2.05, 4.69) is 4.98 Å². The summed E-state index contributed by atoms with van der Waals surface area (Å²) in [5.74, 6) is -0.110. The van der Waals surface area contributed by atoms with Gasteiger partial charge < -0.3 is 9.88 Å². The molecule has 0 aliphatic carbocycles. The third-order valence-corrected chi connectivity index (χ3v) is 2.39. The lowest BCUT2D eigenvalue weighted by molar-refractivity contribution is 0.0598. The summed E-state index contributed by atoms with van der Waals surface area (Å²) in [5.41, 5.74) is -0.0645. The fraction of sp³-hybridized carbons (Fsp3) is 0.500. The van der Waals surface area contributed by atoms with Crippen molar-refractivity contribution >= 4 is 5.91 Å². The van der Waals surface area contributed by atoms with Gasteiger partial charge in [0.1, 0.15) is 0 Å². The Bertz CT molecular complexity index is 429. The third kappa shape index (κ3) is 2.72. The molecule has 0 fully saturated rings. The second-order valence-electron chi connectivity index (χ2n) is 4.66. The number of nitrogens with zero attached hydrogens (tertiary/aromatic N) is 1. The van der Waals surface area contributed by atoms with Gasteiger partial charge in [0.15, 0.2) is 0 Å². The van der Waals surface area contributed by atoms with E-state index in [-0.39, 0.29) is 17.0 Å². The summed E-state index contributed by atoms with van der Waals surface area (Å²) in [5, 5.41) is 0. The maximum Gasteiger partial charge on any atom is 0.254 e. The predicted octanol–water partition coefficient (Wildman–Crippen LogP) is 1.64. The van der Waals surface area contributed by atoms with Gasteiger partial charge in [0.05, 0.1) is 0 Å². The minimum atomic E-state index is -0.254. The lowest BCUT2D eigenvalue weighted by Crippen LogP contribution is -2.45. The molecule has 0 atom stereocenters. The van der Waals surface area contributed by atoms with E-state index in [1.54, 1.807) is 11.0 Å². The highest BCUT2D eigenvalue weighted by Crippen LogP contribution is 2.15. The molecular weight excluding hydrogens is 204 g/mol. The number of rotatable bonds is 2. The van der Waals surface area contributed by atoms with Crippen molar-refractivity contribution in [3.8, 4) is 0 Å². The molecule has 1 aromatic heterocycles. The Labute approximate surface area is 95.3 Å². The minimum absolute atomic E-state index is 0.110. The zero-order valence-corrected chi connectivity index (χ0v) is 10.2. The fourth-order valence-electron chi connectivity index (χ4n) is 1.66. The van der Waals surface area contributed by atoms with Crippen molar-refractivity contribution in [1.29, 1.82) is 0 Å². The molecule has 0 spiro atoms. The van der Waals surface area contributed by atoms with Crippen LogP contribution in [0.25, 0.3) is 0 Å². The van der Waals surface area contributed by atoms with Crippen molar-refractivity contribution in [2.75, 3.05) is 6.54 Å². The average Bonchev–Trinajstić information content (AvgIpc) is 2.16. The highest BCUT2D eigenvalue weighted by molar-refractivity contribution is 5.94. The van der Waals surface area contributed by atoms with E-state index in [0.717, 1.165) is 0 Å². The van der Waals surface area contributed by atoms with Crippen LogP contribution in [0, 0.1) is 0 Å². The van der Waals surface area contributed by atoms with Gasteiger partial charge in [-0.05, 0) is 33.8 Å². The highest BCUT2D eigenvalue weighted by Gasteiger charge is 2.25. The second kappa shape index (κ2) is 4.51. The van der Waals surface area contributed by atoms with E-state index in [1.807, 2.05) is 27.7 Å². The van der Waals surface area contributed by atoms with Crippen LogP contribution in [0.2, 0.25) is 0 Å². The Hall–Kier alpha value is -1.58. The molecule has 0 aliphatic heterocycles. The summed E-state index contributed by atoms with van der Waals surface area (Å²) >= 11 is 0. The number of carbonyl (C=O) groups excluding carboxylic acids is 1. The lowest BCUT2D eigenvalue weighted by atomic mass is 10.0. The van der Waals surface area contributed by atoms with E-state index in [4.69, 9.17) is 0 Å². The molecule has 4 heteroatoms. The lowest BCUT2D eigenvalue weighted by Gasteiger charge is -2.34. The van der Waals surface area contributed by atoms with Crippen LogP contribution in [0.4, 0.5) is 0 Å². The number of pyridine rings is 1. The SMILES string of the molecule is CCN(C(=O)c1cc[nH]c(=O)c1)C(C)(C)C. The minimum Gasteiger partial charge on any atom is -0.334 e. The number of carbonyl (C=O) groups is 1. The molecule has 0 radical (unpaired) electrons. The van der Waals surface area contributed by atoms with Crippen LogP contribution in [0.5, 0.6) is 0 Å². The first-order valence-electron chi connectivity index (χ1n) is 5.37. The van der Waals surface area contributed by atoms with Gasteiger partial charge in [0, 0.05) is 29.9 Å². The number of hydrogen-bond acceptors (Lipinski definition) is 2. The molecular formula is C12H18N2O2. The third-order valence-electron chi connectivity index (χ3n) is 2.39. The predicted molar refractivity (Wildman–Crippen MR) is 63.5 cm³/mol. The van der Waals surface area contributed by atoms with Crippen LogP contribution in [0.3, 0.4) is 0 Å². The van der Waals surface area contributed by atoms with Crippen LogP contribution in [0.15, 0.2) is 23.1 Å². The first-order valence-corrected chi connectivity index (χ1v) is 5.37. The zero-order valence-electron chi connectivity index (χ0n) is 10.2. The summed E-state index contributed by atoms with van der Waals surface area (Å²) in [4.78, 5) is 27.5. The van der Waals surface area contributed by atoms with E-state index in [9.17, 15) is 9.59 Å². The van der Waals surface area contributed by atoms with E-state index in [0.29, 0.717) is 12.1 Å². The number of hydrogen-bond donors (Lipinski definition) is 1. The number of H-pyrrole nitrogens is 1. The molecule has 0 aromatic carbocycles. The first-order chi connectivity index (χ1) is 7.36. The highest BCUT2D eigenvalue weighted by atomic mass is 16.2. The van der Waals surface area contributed by atoms with Crippen LogP contribution >= 0.6 is 0 Å². The van der Waals surface area contributed by atoms with Crippen molar-refractivity contribution in [2.45, 2.75) is 33.2 Å². The normalized spacial score (nSPS) is 11.2. The average molecular weight is 222 g/mol. The summed E-state index contributed by atoms with van der Waals surface area (Å²) in [6, 6.07) is 2.95. The van der Waals surface area contributed by atoms with Gasteiger partial charge in [-0.3, -0.25) is 9.59 Å². The largest absolute Gasteiger partial charge is 0.334 e. The molecule has 1 amide bonds. The monoisotopic (exact) mass is 222 g/mol. The molecule has 0 saturated heterocycles. The van der Waals surface area contributed by atoms with Gasteiger partial charge in [-0.25, -0.2) is 0 Å². The molecule has 1 N–H and O–H groups in total. The molecule has 4 nitrogen and oxygen atoms in total. The Kier molecular flexibility index (Phi) is 3.52. The molecule has 1 rings (SSSR count). The molecule has 0 bridgehead atoms. The Balaban J connectivity index is 3.06. The number of amides is 1. The van der Waals surface area contributed by atoms with Gasteiger partial charge in [0.2, 0.25) is 5.56 Å². The molecule has 1 aromatic rings. The smallest absolute Gasteiger partial charge is 0.254 e. The van der Waals surface area contributed by atoms with Gasteiger partial charge in [-0.2, -0.15) is 0 Å². The Morgan fingerprint density at radius 3 is 2.50 bits per heavy atom.